The number of aliphatic hydroxyl groups is 1. The zero-order valence-corrected chi connectivity index (χ0v) is 13.5. The minimum atomic E-state index is -2.22. The Morgan fingerprint density at radius 3 is 2.22 bits per heavy atom. The molecule has 0 aliphatic heterocycles. The summed E-state index contributed by atoms with van der Waals surface area (Å²) >= 11 is -2.22. The van der Waals surface area contributed by atoms with Crippen molar-refractivity contribution in [2.45, 2.75) is 42.6 Å². The molecule has 0 aliphatic carbocycles. The first-order valence-corrected chi connectivity index (χ1v) is 11.5. The third-order valence-corrected chi connectivity index (χ3v) is 13.2. The van der Waals surface area contributed by atoms with E-state index in [9.17, 15) is 9.90 Å². The molecule has 0 heterocycles. The molecule has 0 saturated heterocycles. The van der Waals surface area contributed by atoms with Crippen LogP contribution >= 0.6 is 0 Å². The Morgan fingerprint density at radius 2 is 1.89 bits per heavy atom. The third-order valence-electron chi connectivity index (χ3n) is 3.27. The van der Waals surface area contributed by atoms with Crippen LogP contribution in [0.15, 0.2) is 0 Å². The molecule has 6 heteroatoms. The molecule has 1 unspecified atom stereocenters. The second-order valence-electron chi connectivity index (χ2n) is 3.99. The van der Waals surface area contributed by atoms with Crippen molar-refractivity contribution in [3.8, 4) is 10.7 Å². The van der Waals surface area contributed by atoms with Gasteiger partial charge in [-0.1, -0.05) is 0 Å². The number of methoxy groups -OCH3 is 1. The molecule has 0 radical (unpaired) electrons. The summed E-state index contributed by atoms with van der Waals surface area (Å²) in [4.78, 5) is 13.9. The molecule has 5 nitrogen and oxygen atoms in total. The van der Waals surface area contributed by atoms with Gasteiger partial charge in [0, 0.05) is 0 Å². The first kappa shape index (κ1) is 16.9. The van der Waals surface area contributed by atoms with Crippen LogP contribution in [0.25, 0.3) is 5.53 Å². The Morgan fingerprint density at radius 1 is 1.39 bits per heavy atom. The molecule has 0 aromatic carbocycles. The monoisotopic (exact) mass is 314 g/mol. The van der Waals surface area contributed by atoms with E-state index in [2.05, 4.69) is 41.0 Å². The molecule has 0 bridgehead atoms. The summed E-state index contributed by atoms with van der Waals surface area (Å²) in [5, 5.41) is 12.8. The van der Waals surface area contributed by atoms with E-state index in [0.717, 1.165) is 22.9 Å². The summed E-state index contributed by atoms with van der Waals surface area (Å²) in [6.07, 6.45) is -1.39. The number of nitrogens with zero attached hydrogens (tertiary/aromatic N) is 2. The van der Waals surface area contributed by atoms with Gasteiger partial charge in [0.1, 0.15) is 0 Å². The molecular weight excluding hydrogens is 293 g/mol. The van der Waals surface area contributed by atoms with Crippen LogP contribution in [0.4, 0.5) is 0 Å². The van der Waals surface area contributed by atoms with Crippen molar-refractivity contribution in [2.24, 2.45) is 0 Å². The molecule has 0 spiro atoms. The van der Waals surface area contributed by atoms with Gasteiger partial charge in [0.25, 0.3) is 0 Å². The molecule has 0 amide bonds. The second kappa shape index (κ2) is 8.09. The van der Waals surface area contributed by atoms with Crippen molar-refractivity contribution in [3.05, 3.63) is 5.53 Å². The van der Waals surface area contributed by atoms with Gasteiger partial charge >= 0.3 is 110 Å². The molecule has 0 fully saturated rings. The molecule has 0 aromatic heterocycles. The van der Waals surface area contributed by atoms with E-state index < -0.39 is 31.1 Å². The number of rotatable bonds is 5. The number of esters is 1. The number of hydrogen-bond acceptors (Lipinski definition) is 3. The quantitative estimate of drug-likeness (QED) is 0.207. The van der Waals surface area contributed by atoms with Crippen molar-refractivity contribution in [2.75, 3.05) is 7.11 Å². The Labute approximate surface area is 111 Å². The first-order valence-electron chi connectivity index (χ1n) is 6.01. The van der Waals surface area contributed by atoms with Gasteiger partial charge in [-0.2, -0.15) is 0 Å². The van der Waals surface area contributed by atoms with E-state index in [4.69, 9.17) is 5.53 Å². The van der Waals surface area contributed by atoms with E-state index >= 15 is 0 Å². The van der Waals surface area contributed by atoms with E-state index in [1.54, 1.807) is 0 Å². The number of hydrogen-bond donors (Lipinski definition) is 1. The molecule has 100 valence electrons. The second-order valence-corrected chi connectivity index (χ2v) is 14.3. The Hall–Kier alpha value is -1.09. The van der Waals surface area contributed by atoms with E-state index in [-0.39, 0.29) is 0 Å². The molecule has 1 atom stereocenters. The molecule has 0 aliphatic rings. The molecule has 0 saturated carbocycles. The number of carbonyl (C=O) groups is 1. The Kier molecular flexibility index (Phi) is 7.60. The summed E-state index contributed by atoms with van der Waals surface area (Å²) in [5.41, 5.74) is 8.21. The van der Waals surface area contributed by atoms with Crippen LogP contribution in [0.1, 0.15) is 20.8 Å². The molecular formula is C12H20GeN2O3. The topological polar surface area (TPSA) is 82.9 Å². The van der Waals surface area contributed by atoms with Crippen LogP contribution in [0, 0.1) is 10.7 Å². The predicted octanol–water partition coefficient (Wildman–Crippen LogP) is 1.24. The SMILES string of the molecule is C[CH2][Ge]([C]#CC(O)C(=[N+]=[N-])C(=O)OC)([CH2]C)[CH2]C. The first-order chi connectivity index (χ1) is 8.50. The Bertz CT molecular complexity index is 393. The zero-order chi connectivity index (χ0) is 14.2. The normalized spacial score (nSPS) is 11.8. The van der Waals surface area contributed by atoms with Crippen molar-refractivity contribution < 1.29 is 19.4 Å². The fourth-order valence-corrected chi connectivity index (χ4v) is 6.81. The maximum absolute atomic E-state index is 11.2. The molecule has 1 N–H and O–H groups in total. The Balaban J connectivity index is 5.12. The molecule has 18 heavy (non-hydrogen) atoms. The van der Waals surface area contributed by atoms with Crippen LogP contribution in [0.5, 0.6) is 0 Å². The van der Waals surface area contributed by atoms with Crippen LogP contribution in [0.3, 0.4) is 0 Å². The number of aliphatic hydroxyl groups excluding tert-OH is 1. The van der Waals surface area contributed by atoms with Gasteiger partial charge in [-0.25, -0.2) is 0 Å². The molecule has 0 aromatic rings. The van der Waals surface area contributed by atoms with Gasteiger partial charge in [0.2, 0.25) is 0 Å². The zero-order valence-electron chi connectivity index (χ0n) is 11.4. The minimum absolute atomic E-state index is 0.468. The van der Waals surface area contributed by atoms with Crippen molar-refractivity contribution in [3.63, 3.8) is 0 Å². The van der Waals surface area contributed by atoms with Crippen LogP contribution in [-0.4, -0.2) is 48.1 Å². The fraction of sp³-hybridized carbons (Fsp3) is 0.667. The summed E-state index contributed by atoms with van der Waals surface area (Å²) in [6.45, 7) is 6.32. The number of ether oxygens (including phenoxy) is 1. The predicted molar refractivity (Wildman–Crippen MR) is 71.6 cm³/mol. The van der Waals surface area contributed by atoms with E-state index in [1.807, 2.05) is 0 Å². The van der Waals surface area contributed by atoms with Gasteiger partial charge in [0.05, 0.1) is 0 Å². The van der Waals surface area contributed by atoms with Crippen LogP contribution < -0.4 is 0 Å². The standard InChI is InChI=1S/C12H20GeN2O3/c1-5-13(6-2,7-3)9-8-10(16)11(15-14)12(17)18-4/h10,16H,5-7H2,1-4H3. The average Bonchev–Trinajstić information content (AvgIpc) is 2.41. The maximum atomic E-state index is 11.2. The number of carbonyl (C=O) groups excluding carboxylic acids is 1. The average molecular weight is 313 g/mol. The summed E-state index contributed by atoms with van der Waals surface area (Å²) in [6, 6.07) is 0. The van der Waals surface area contributed by atoms with Gasteiger partial charge in [-0.3, -0.25) is 0 Å². The van der Waals surface area contributed by atoms with E-state index in [0.29, 0.717) is 0 Å². The van der Waals surface area contributed by atoms with Crippen molar-refractivity contribution in [1.82, 2.24) is 0 Å². The summed E-state index contributed by atoms with van der Waals surface area (Å²) < 4.78 is 7.56. The van der Waals surface area contributed by atoms with Crippen LogP contribution in [-0.2, 0) is 9.53 Å². The van der Waals surface area contributed by atoms with Gasteiger partial charge in [-0.15, -0.1) is 0 Å². The van der Waals surface area contributed by atoms with Crippen molar-refractivity contribution in [1.29, 1.82) is 0 Å². The van der Waals surface area contributed by atoms with Gasteiger partial charge < -0.3 is 0 Å². The summed E-state index contributed by atoms with van der Waals surface area (Å²) in [5.74, 6) is 1.77. The van der Waals surface area contributed by atoms with Gasteiger partial charge in [0.15, 0.2) is 0 Å². The third kappa shape index (κ3) is 4.30. The summed E-state index contributed by atoms with van der Waals surface area (Å²) in [7, 11) is 1.15. The molecule has 0 rings (SSSR count). The fourth-order valence-electron chi connectivity index (χ4n) is 1.62. The van der Waals surface area contributed by atoms with Crippen LogP contribution in [0.2, 0.25) is 15.8 Å². The van der Waals surface area contributed by atoms with Gasteiger partial charge in [-0.05, 0) is 0 Å². The van der Waals surface area contributed by atoms with E-state index in [1.165, 1.54) is 0 Å². The van der Waals surface area contributed by atoms with Crippen molar-refractivity contribution >= 4 is 24.9 Å².